The zero-order valence-electron chi connectivity index (χ0n) is 11.9. The van der Waals surface area contributed by atoms with Crippen molar-refractivity contribution in [1.82, 2.24) is 0 Å². The van der Waals surface area contributed by atoms with Crippen molar-refractivity contribution in [2.24, 2.45) is 0 Å². The first-order chi connectivity index (χ1) is 9.12. The first-order valence-corrected chi connectivity index (χ1v) is 10.3. The number of hydrogen-bond donors (Lipinski definition) is 0. The molecule has 0 spiro atoms. The Hall–Kier alpha value is 0.780. The van der Waals surface area contributed by atoms with E-state index in [0.29, 0.717) is 11.5 Å². The van der Waals surface area contributed by atoms with Crippen LogP contribution in [0.5, 0.6) is 0 Å². The number of halogens is 1. The zero-order chi connectivity index (χ0) is 14.4. The molecule has 19 heavy (non-hydrogen) atoms. The fraction of sp³-hybridized carbons (Fsp3) is 1.00. The van der Waals surface area contributed by atoms with Crippen LogP contribution in [-0.4, -0.2) is 11.5 Å². The highest BCUT2D eigenvalue weighted by Crippen LogP contribution is 2.56. The molecule has 0 aromatic rings. The Labute approximate surface area is 125 Å². The van der Waals surface area contributed by atoms with Crippen LogP contribution in [0.2, 0.25) is 0 Å². The maximum atomic E-state index is 13.3. The topological polar surface area (TPSA) is 35.5 Å². The molecule has 0 N–H and O–H groups in total. The molecule has 3 nitrogen and oxygen atoms in total. The second kappa shape index (κ2) is 13.7. The van der Waals surface area contributed by atoms with Gasteiger partial charge in [-0.25, -0.2) is 12.5 Å². The number of unbranched alkanes of at least 4 members (excludes halogenated alkanes) is 6. The van der Waals surface area contributed by atoms with Crippen LogP contribution in [0.3, 0.4) is 0 Å². The van der Waals surface area contributed by atoms with Crippen molar-refractivity contribution in [3.8, 4) is 0 Å². The van der Waals surface area contributed by atoms with E-state index in [1.165, 1.54) is 0 Å². The predicted molar refractivity (Wildman–Crippen MR) is 84.1 cm³/mol. The standard InChI is InChI=1S/C12H26FO3PS2/c1-3-5-7-9-11-18-15-17(13,14)16-19-12-10-8-6-4-2/h3-12H2,1-2H3. The molecule has 0 aromatic heterocycles. The summed E-state index contributed by atoms with van der Waals surface area (Å²) >= 11 is 1.81. The highest BCUT2D eigenvalue weighted by atomic mass is 32.2. The molecule has 0 rings (SSSR count). The van der Waals surface area contributed by atoms with Crippen molar-refractivity contribution in [2.75, 3.05) is 11.5 Å². The van der Waals surface area contributed by atoms with Gasteiger partial charge in [0.25, 0.3) is 0 Å². The molecule has 0 bridgehead atoms. The summed E-state index contributed by atoms with van der Waals surface area (Å²) in [6, 6.07) is 0. The third kappa shape index (κ3) is 15.0. The third-order valence-corrected chi connectivity index (χ3v) is 5.62. The summed E-state index contributed by atoms with van der Waals surface area (Å²) < 4.78 is 33.7. The molecule has 0 saturated heterocycles. The molecule has 0 aliphatic rings. The maximum absolute atomic E-state index is 13.3. The van der Waals surface area contributed by atoms with Gasteiger partial charge in [0, 0.05) is 35.6 Å². The Bertz CT molecular complexity index is 225. The van der Waals surface area contributed by atoms with Crippen LogP contribution in [0, 0.1) is 0 Å². The van der Waals surface area contributed by atoms with E-state index in [0.717, 1.165) is 75.5 Å². The van der Waals surface area contributed by atoms with E-state index in [4.69, 9.17) is 0 Å². The number of hydrogen-bond acceptors (Lipinski definition) is 5. The van der Waals surface area contributed by atoms with E-state index < -0.39 is 7.91 Å². The van der Waals surface area contributed by atoms with Gasteiger partial charge in [0.15, 0.2) is 0 Å². The zero-order valence-corrected chi connectivity index (χ0v) is 14.5. The van der Waals surface area contributed by atoms with E-state index in [2.05, 4.69) is 21.8 Å². The smallest absolute Gasteiger partial charge is 0.221 e. The summed E-state index contributed by atoms with van der Waals surface area (Å²) in [5.41, 5.74) is 0. The lowest BCUT2D eigenvalue weighted by atomic mass is 10.2. The predicted octanol–water partition coefficient (Wildman–Crippen LogP) is 6.55. The van der Waals surface area contributed by atoms with Crippen molar-refractivity contribution < 1.29 is 16.7 Å². The van der Waals surface area contributed by atoms with Crippen LogP contribution in [0.25, 0.3) is 0 Å². The van der Waals surface area contributed by atoms with E-state index in [9.17, 15) is 8.76 Å². The first-order valence-electron chi connectivity index (χ1n) is 7.04. The van der Waals surface area contributed by atoms with Crippen LogP contribution < -0.4 is 0 Å². The lowest BCUT2D eigenvalue weighted by Crippen LogP contribution is -1.85. The minimum absolute atomic E-state index is 0.651. The normalized spacial score (nSPS) is 11.9. The third-order valence-electron chi connectivity index (χ3n) is 2.45. The average Bonchev–Trinajstić information content (AvgIpc) is 2.38. The molecule has 0 fully saturated rings. The molecule has 0 heterocycles. The molecule has 0 atom stereocenters. The maximum Gasteiger partial charge on any atom is 0.535 e. The molecule has 0 aliphatic heterocycles. The Balaban J connectivity index is 3.39. The SMILES string of the molecule is CCCCCCSOP(=O)(F)OSCCCCCC. The molecule has 0 unspecified atom stereocenters. The minimum atomic E-state index is -4.38. The Morgan fingerprint density at radius 2 is 1.26 bits per heavy atom. The van der Waals surface area contributed by atoms with E-state index in [-0.39, 0.29) is 0 Å². The van der Waals surface area contributed by atoms with Crippen LogP contribution >= 0.6 is 32.0 Å². The van der Waals surface area contributed by atoms with Crippen molar-refractivity contribution in [3.63, 3.8) is 0 Å². The Morgan fingerprint density at radius 3 is 1.63 bits per heavy atom. The molecule has 7 heteroatoms. The van der Waals surface area contributed by atoms with Gasteiger partial charge in [-0.05, 0) is 12.8 Å². The van der Waals surface area contributed by atoms with Crippen LogP contribution in [0.15, 0.2) is 0 Å². The van der Waals surface area contributed by atoms with Gasteiger partial charge in [-0.3, -0.25) is 0 Å². The molecule has 0 radical (unpaired) electrons. The molecule has 0 aromatic carbocycles. The summed E-state index contributed by atoms with van der Waals surface area (Å²) in [7, 11) is -4.38. The minimum Gasteiger partial charge on any atom is -0.221 e. The van der Waals surface area contributed by atoms with E-state index in [1.807, 2.05) is 0 Å². The fourth-order valence-corrected chi connectivity index (χ4v) is 3.96. The lowest BCUT2D eigenvalue weighted by molar-refractivity contribution is 0.377. The van der Waals surface area contributed by atoms with Crippen LogP contribution in [0.1, 0.15) is 65.2 Å². The summed E-state index contributed by atoms with van der Waals surface area (Å²) in [5, 5.41) is 0. The van der Waals surface area contributed by atoms with Crippen molar-refractivity contribution in [1.29, 1.82) is 0 Å². The summed E-state index contributed by atoms with van der Waals surface area (Å²) in [6.45, 7) is 4.26. The van der Waals surface area contributed by atoms with Gasteiger partial charge in [-0.1, -0.05) is 52.4 Å². The van der Waals surface area contributed by atoms with Gasteiger partial charge in [-0.2, -0.15) is 0 Å². The molecular formula is C12H26FO3PS2. The number of rotatable bonds is 14. The highest BCUT2D eigenvalue weighted by Gasteiger charge is 2.25. The van der Waals surface area contributed by atoms with E-state index in [1.54, 1.807) is 0 Å². The lowest BCUT2D eigenvalue weighted by Gasteiger charge is -2.07. The van der Waals surface area contributed by atoms with Gasteiger partial charge in [0.2, 0.25) is 0 Å². The highest BCUT2D eigenvalue weighted by molar-refractivity contribution is 8.01. The van der Waals surface area contributed by atoms with Crippen LogP contribution in [0.4, 0.5) is 4.20 Å². The monoisotopic (exact) mass is 332 g/mol. The van der Waals surface area contributed by atoms with Crippen molar-refractivity contribution in [2.45, 2.75) is 65.2 Å². The van der Waals surface area contributed by atoms with Crippen molar-refractivity contribution >= 4 is 32.0 Å². The quantitative estimate of drug-likeness (QED) is 0.205. The van der Waals surface area contributed by atoms with Gasteiger partial charge >= 0.3 is 7.91 Å². The molecule has 0 saturated carbocycles. The largest absolute Gasteiger partial charge is 0.535 e. The van der Waals surface area contributed by atoms with Crippen LogP contribution in [-0.2, 0) is 12.5 Å². The Kier molecular flexibility index (Phi) is 14.3. The van der Waals surface area contributed by atoms with Gasteiger partial charge in [0.1, 0.15) is 0 Å². The summed E-state index contributed by atoms with van der Waals surface area (Å²) in [5.74, 6) is 1.30. The summed E-state index contributed by atoms with van der Waals surface area (Å²) in [4.78, 5) is 0. The van der Waals surface area contributed by atoms with E-state index >= 15 is 0 Å². The molecule has 116 valence electrons. The molecule has 0 aliphatic carbocycles. The second-order valence-corrected chi connectivity index (χ2v) is 7.69. The first kappa shape index (κ1) is 19.8. The average molecular weight is 332 g/mol. The Morgan fingerprint density at radius 1 is 0.842 bits per heavy atom. The second-order valence-electron chi connectivity index (χ2n) is 4.34. The van der Waals surface area contributed by atoms with Gasteiger partial charge < -0.3 is 0 Å². The van der Waals surface area contributed by atoms with Gasteiger partial charge in [0.05, 0.1) is 0 Å². The molecule has 0 amide bonds. The summed E-state index contributed by atoms with van der Waals surface area (Å²) in [6.07, 6.45) is 8.73. The van der Waals surface area contributed by atoms with Crippen molar-refractivity contribution in [3.05, 3.63) is 0 Å². The van der Waals surface area contributed by atoms with Gasteiger partial charge in [-0.15, -0.1) is 4.20 Å². The molecular weight excluding hydrogens is 306 g/mol. The fourth-order valence-electron chi connectivity index (χ4n) is 1.39.